The third-order valence-corrected chi connectivity index (χ3v) is 6.63. The van der Waals surface area contributed by atoms with Gasteiger partial charge in [-0.1, -0.05) is 0 Å². The number of hydrogen-bond donors (Lipinski definition) is 0. The van der Waals surface area contributed by atoms with Crippen LogP contribution in [-0.4, -0.2) is 41.2 Å². The maximum Gasteiger partial charge on any atom is 0.433 e. The number of carbonyl (C=O) groups is 1. The molecule has 12 heteroatoms. The van der Waals surface area contributed by atoms with Crippen molar-refractivity contribution in [1.82, 2.24) is 28.8 Å². The molecule has 0 saturated heterocycles. The van der Waals surface area contributed by atoms with Crippen molar-refractivity contribution in [2.75, 3.05) is 6.54 Å². The van der Waals surface area contributed by atoms with Crippen LogP contribution in [0.25, 0.3) is 22.1 Å². The van der Waals surface area contributed by atoms with Crippen molar-refractivity contribution in [3.63, 3.8) is 0 Å². The average molecular weight is 502 g/mol. The second-order valence-electron chi connectivity index (χ2n) is 8.08. The van der Waals surface area contributed by atoms with E-state index in [1.54, 1.807) is 18.7 Å². The molecule has 0 bridgehead atoms. The minimum Gasteiger partial charge on any atom is -0.329 e. The molecule has 1 atom stereocenters. The van der Waals surface area contributed by atoms with Crippen molar-refractivity contribution < 1.29 is 22.4 Å². The minimum absolute atomic E-state index is 0.228. The van der Waals surface area contributed by atoms with Crippen LogP contribution in [0.3, 0.4) is 0 Å². The van der Waals surface area contributed by atoms with Crippen molar-refractivity contribution in [2.45, 2.75) is 32.6 Å². The van der Waals surface area contributed by atoms with Crippen molar-refractivity contribution in [1.29, 1.82) is 0 Å². The van der Waals surface area contributed by atoms with Gasteiger partial charge in [-0.3, -0.25) is 9.78 Å². The van der Waals surface area contributed by atoms with Crippen LogP contribution in [0.2, 0.25) is 0 Å². The van der Waals surface area contributed by atoms with Gasteiger partial charge in [0.25, 0.3) is 5.91 Å². The van der Waals surface area contributed by atoms with Gasteiger partial charge in [-0.25, -0.2) is 14.4 Å². The van der Waals surface area contributed by atoms with Gasteiger partial charge in [-0.2, -0.15) is 17.5 Å². The fourth-order valence-corrected chi connectivity index (χ4v) is 4.87. The molecule has 4 aromatic rings. The Morgan fingerprint density at radius 2 is 1.86 bits per heavy atom. The van der Waals surface area contributed by atoms with Crippen molar-refractivity contribution >= 4 is 17.4 Å². The molecule has 0 N–H and O–H groups in total. The fourth-order valence-electron chi connectivity index (χ4n) is 4.20. The Balaban J connectivity index is 1.64. The molecule has 0 aliphatic carbocycles. The van der Waals surface area contributed by atoms with E-state index in [1.165, 1.54) is 30.3 Å². The van der Waals surface area contributed by atoms with E-state index >= 15 is 0 Å². The maximum atomic E-state index is 13.4. The van der Waals surface area contributed by atoms with E-state index in [2.05, 4.69) is 19.3 Å². The van der Waals surface area contributed by atoms with Gasteiger partial charge < -0.3 is 9.47 Å². The zero-order valence-corrected chi connectivity index (χ0v) is 19.4. The van der Waals surface area contributed by atoms with E-state index in [9.17, 15) is 22.4 Å². The summed E-state index contributed by atoms with van der Waals surface area (Å²) in [5.41, 5.74) is 0.397. The Bertz CT molecular complexity index is 1410. The normalized spacial score (nSPS) is 15.8. The number of imidazole rings is 1. The molecule has 180 valence electrons. The van der Waals surface area contributed by atoms with E-state index in [0.29, 0.717) is 46.7 Å². The number of halogens is 4. The van der Waals surface area contributed by atoms with Crippen LogP contribution in [0.1, 0.15) is 40.5 Å². The summed E-state index contributed by atoms with van der Waals surface area (Å²) >= 11 is 1.15. The molecule has 0 spiro atoms. The molecule has 0 fully saturated rings. The van der Waals surface area contributed by atoms with E-state index in [1.807, 2.05) is 4.57 Å². The Hall–Kier alpha value is -3.67. The summed E-state index contributed by atoms with van der Waals surface area (Å²) < 4.78 is 59.6. The number of aromatic nitrogens is 5. The number of alkyl halides is 3. The Morgan fingerprint density at radius 1 is 1.11 bits per heavy atom. The van der Waals surface area contributed by atoms with Gasteiger partial charge in [0, 0.05) is 30.4 Å². The van der Waals surface area contributed by atoms with E-state index in [-0.39, 0.29) is 11.5 Å². The molecule has 1 aliphatic heterocycles. The largest absolute Gasteiger partial charge is 0.433 e. The molecule has 1 aliphatic rings. The number of carbonyl (C=O) groups excluding carboxylic acids is 1. The number of pyridine rings is 1. The monoisotopic (exact) mass is 502 g/mol. The predicted molar refractivity (Wildman–Crippen MR) is 120 cm³/mol. The summed E-state index contributed by atoms with van der Waals surface area (Å²) in [6.45, 7) is 4.21. The number of nitrogens with zero attached hydrogens (tertiary/aromatic N) is 6. The fraction of sp³-hybridized carbons (Fsp3) is 0.261. The van der Waals surface area contributed by atoms with Gasteiger partial charge in [-0.15, -0.1) is 0 Å². The lowest BCUT2D eigenvalue weighted by atomic mass is 10.0. The Labute approximate surface area is 201 Å². The predicted octanol–water partition coefficient (Wildman–Crippen LogP) is 5.15. The molecule has 5 rings (SSSR count). The van der Waals surface area contributed by atoms with Gasteiger partial charge in [0.2, 0.25) is 0 Å². The second kappa shape index (κ2) is 8.52. The molecular weight excluding hydrogens is 484 g/mol. The number of fused-ring (bicyclic) bond motifs is 1. The third-order valence-electron chi connectivity index (χ3n) is 5.83. The smallest absolute Gasteiger partial charge is 0.329 e. The lowest BCUT2D eigenvalue weighted by Gasteiger charge is -2.35. The highest BCUT2D eigenvalue weighted by Gasteiger charge is 2.36. The molecular formula is C23H18F4N6OS. The van der Waals surface area contributed by atoms with E-state index in [4.69, 9.17) is 0 Å². The first-order valence-corrected chi connectivity index (χ1v) is 11.4. The minimum atomic E-state index is -4.62. The van der Waals surface area contributed by atoms with Crippen LogP contribution in [0.4, 0.5) is 17.6 Å². The van der Waals surface area contributed by atoms with Crippen molar-refractivity contribution in [3.8, 4) is 22.1 Å². The number of amides is 1. The lowest BCUT2D eigenvalue weighted by Crippen LogP contribution is -2.41. The van der Waals surface area contributed by atoms with Crippen LogP contribution in [-0.2, 0) is 12.7 Å². The Kier molecular flexibility index (Phi) is 5.62. The summed E-state index contributed by atoms with van der Waals surface area (Å²) in [7, 11) is 0. The molecule has 4 heterocycles. The summed E-state index contributed by atoms with van der Waals surface area (Å²) in [4.78, 5) is 27.4. The first-order valence-electron chi connectivity index (χ1n) is 10.6. The number of rotatable bonds is 3. The van der Waals surface area contributed by atoms with Crippen molar-refractivity contribution in [2.24, 2.45) is 0 Å². The van der Waals surface area contributed by atoms with E-state index in [0.717, 1.165) is 23.8 Å². The van der Waals surface area contributed by atoms with Gasteiger partial charge in [0.15, 0.2) is 10.8 Å². The van der Waals surface area contributed by atoms with Crippen LogP contribution < -0.4 is 0 Å². The van der Waals surface area contributed by atoms with Gasteiger partial charge in [0.1, 0.15) is 17.3 Å². The average Bonchev–Trinajstić information content (AvgIpc) is 3.43. The molecule has 0 radical (unpaired) electrons. The molecule has 35 heavy (non-hydrogen) atoms. The Morgan fingerprint density at radius 3 is 2.51 bits per heavy atom. The zero-order chi connectivity index (χ0) is 24.9. The molecule has 3 aromatic heterocycles. The van der Waals surface area contributed by atoms with Crippen LogP contribution >= 0.6 is 11.5 Å². The summed E-state index contributed by atoms with van der Waals surface area (Å²) in [5.74, 6) is 0.273. The van der Waals surface area contributed by atoms with Gasteiger partial charge >= 0.3 is 6.18 Å². The summed E-state index contributed by atoms with van der Waals surface area (Å²) in [5, 5.41) is 0.533. The van der Waals surface area contributed by atoms with E-state index < -0.39 is 23.7 Å². The molecule has 0 saturated carbocycles. The van der Waals surface area contributed by atoms with Crippen LogP contribution in [0.5, 0.6) is 0 Å². The second-order valence-corrected chi connectivity index (χ2v) is 8.83. The number of hydrogen-bond acceptors (Lipinski definition) is 6. The van der Waals surface area contributed by atoms with Gasteiger partial charge in [-0.05, 0) is 61.8 Å². The highest BCUT2D eigenvalue weighted by molar-refractivity contribution is 7.09. The lowest BCUT2D eigenvalue weighted by molar-refractivity contribution is -0.141. The maximum absolute atomic E-state index is 13.4. The van der Waals surface area contributed by atoms with Gasteiger partial charge in [0.05, 0.1) is 17.4 Å². The third kappa shape index (κ3) is 4.18. The topological polar surface area (TPSA) is 76.8 Å². The highest BCUT2D eigenvalue weighted by Crippen LogP contribution is 2.39. The molecule has 7 nitrogen and oxygen atoms in total. The SMILES string of the molecule is Cc1nsc(-c2nc(-c3ccnc(C(F)(F)F)c3)c3n2CCN(C(=O)c2ccc(F)cc2)[C@@H]3C)n1. The van der Waals surface area contributed by atoms with Crippen LogP contribution in [0.15, 0.2) is 42.6 Å². The quantitative estimate of drug-likeness (QED) is 0.363. The molecule has 0 unspecified atom stereocenters. The number of aryl methyl sites for hydroxylation is 1. The first kappa shape index (κ1) is 23.1. The summed E-state index contributed by atoms with van der Waals surface area (Å²) in [6.07, 6.45) is -3.53. The van der Waals surface area contributed by atoms with Crippen LogP contribution in [0, 0.1) is 12.7 Å². The molecule has 1 amide bonds. The number of benzene rings is 1. The van der Waals surface area contributed by atoms with Crippen molar-refractivity contribution in [3.05, 3.63) is 71.2 Å². The highest BCUT2D eigenvalue weighted by atomic mass is 32.1. The standard InChI is InChI=1S/C23H18F4N6OS/c1-12-19-18(15-7-8-28-17(11-15)23(25,26)27)30-20(21-29-13(2)31-35-21)33(19)10-9-32(12)22(34)14-3-5-16(24)6-4-14/h3-8,11-12H,9-10H2,1-2H3/t12-/m1/s1. The molecule has 1 aromatic carbocycles. The first-order chi connectivity index (χ1) is 16.6. The zero-order valence-electron chi connectivity index (χ0n) is 18.5. The summed E-state index contributed by atoms with van der Waals surface area (Å²) in [6, 6.07) is 7.11.